The van der Waals surface area contributed by atoms with Crippen molar-refractivity contribution in [2.45, 2.75) is 13.8 Å². The largest absolute Gasteiger partial charge is 0.493 e. The maximum absolute atomic E-state index is 12.3. The van der Waals surface area contributed by atoms with Crippen molar-refractivity contribution in [2.75, 3.05) is 27.4 Å². The van der Waals surface area contributed by atoms with Crippen LogP contribution < -0.4 is 14.2 Å². The lowest BCUT2D eigenvalue weighted by molar-refractivity contribution is 0.0474. The second kappa shape index (κ2) is 9.62. The fraction of sp³-hybridized carbons (Fsp3) is 0.333. The van der Waals surface area contributed by atoms with E-state index in [-0.39, 0.29) is 12.4 Å². The highest BCUT2D eigenvalue weighted by atomic mass is 16.5. The van der Waals surface area contributed by atoms with Crippen LogP contribution >= 0.6 is 0 Å². The number of hydrogen-bond acceptors (Lipinski definition) is 6. The third-order valence-electron chi connectivity index (χ3n) is 3.71. The minimum absolute atomic E-state index is 0.332. The molecule has 0 aliphatic rings. The van der Waals surface area contributed by atoms with Crippen LogP contribution in [0.4, 0.5) is 0 Å². The zero-order valence-electron chi connectivity index (χ0n) is 16.0. The van der Waals surface area contributed by atoms with Crippen LogP contribution in [0.2, 0.25) is 0 Å². The summed E-state index contributed by atoms with van der Waals surface area (Å²) in [5, 5.41) is 0. The molecule has 0 fully saturated rings. The van der Waals surface area contributed by atoms with E-state index in [1.165, 1.54) is 14.2 Å². The summed E-state index contributed by atoms with van der Waals surface area (Å²) in [5.41, 5.74) is 0.727. The average molecular weight is 372 g/mol. The Hall–Kier alpha value is -3.02. The Balaban J connectivity index is 1.93. The van der Waals surface area contributed by atoms with Crippen LogP contribution in [0.25, 0.3) is 0 Å². The van der Waals surface area contributed by atoms with Gasteiger partial charge in [0.25, 0.3) is 0 Å². The number of methoxy groups -OCH3 is 2. The van der Waals surface area contributed by atoms with Gasteiger partial charge in [-0.1, -0.05) is 13.8 Å². The van der Waals surface area contributed by atoms with Gasteiger partial charge in [-0.2, -0.15) is 0 Å². The summed E-state index contributed by atoms with van der Waals surface area (Å²) < 4.78 is 21.0. The first-order valence-corrected chi connectivity index (χ1v) is 8.59. The van der Waals surface area contributed by atoms with Gasteiger partial charge >= 0.3 is 5.97 Å². The fourth-order valence-electron chi connectivity index (χ4n) is 2.26. The number of ketones is 1. The quantitative estimate of drug-likeness (QED) is 0.493. The summed E-state index contributed by atoms with van der Waals surface area (Å²) in [6.45, 7) is 4.35. The standard InChI is InChI=1S/C21H24O6/c1-14(2)12-26-17-8-5-15(6-9-17)21(23)27-13-18(22)16-7-10-19(24-3)20(11-16)25-4/h5-11,14H,12-13H2,1-4H3. The Bertz CT molecular complexity index is 780. The lowest BCUT2D eigenvalue weighted by Crippen LogP contribution is -2.14. The number of rotatable bonds is 9. The normalized spacial score (nSPS) is 10.4. The molecule has 144 valence electrons. The van der Waals surface area contributed by atoms with Gasteiger partial charge in [-0.3, -0.25) is 4.79 Å². The molecule has 0 radical (unpaired) electrons. The third-order valence-corrected chi connectivity index (χ3v) is 3.71. The topological polar surface area (TPSA) is 71.1 Å². The monoisotopic (exact) mass is 372 g/mol. The maximum Gasteiger partial charge on any atom is 0.338 e. The molecule has 2 aromatic carbocycles. The van der Waals surface area contributed by atoms with Crippen LogP contribution in [0.15, 0.2) is 42.5 Å². The molecular weight excluding hydrogens is 348 g/mol. The van der Waals surface area contributed by atoms with Crippen LogP contribution in [0.5, 0.6) is 17.2 Å². The molecule has 0 spiro atoms. The molecule has 0 bridgehead atoms. The zero-order valence-corrected chi connectivity index (χ0v) is 16.0. The molecule has 0 aromatic heterocycles. The van der Waals surface area contributed by atoms with Gasteiger partial charge in [-0.15, -0.1) is 0 Å². The summed E-state index contributed by atoms with van der Waals surface area (Å²) in [6, 6.07) is 11.4. The lowest BCUT2D eigenvalue weighted by Gasteiger charge is -2.10. The van der Waals surface area contributed by atoms with Gasteiger partial charge in [0, 0.05) is 5.56 Å². The molecule has 6 heteroatoms. The summed E-state index contributed by atoms with van der Waals surface area (Å²) in [7, 11) is 3.00. The number of hydrogen-bond donors (Lipinski definition) is 0. The van der Waals surface area contributed by atoms with Crippen molar-refractivity contribution in [3.8, 4) is 17.2 Å². The number of carbonyl (C=O) groups excluding carboxylic acids is 2. The van der Waals surface area contributed by atoms with E-state index in [9.17, 15) is 9.59 Å². The minimum Gasteiger partial charge on any atom is -0.493 e. The summed E-state index contributed by atoms with van der Waals surface area (Å²) in [4.78, 5) is 24.4. The second-order valence-corrected chi connectivity index (χ2v) is 6.30. The average Bonchev–Trinajstić information content (AvgIpc) is 2.69. The van der Waals surface area contributed by atoms with E-state index in [1.54, 1.807) is 42.5 Å². The molecule has 0 amide bonds. The molecule has 27 heavy (non-hydrogen) atoms. The van der Waals surface area contributed by atoms with E-state index in [2.05, 4.69) is 13.8 Å². The third kappa shape index (κ3) is 5.74. The zero-order chi connectivity index (χ0) is 19.8. The van der Waals surface area contributed by atoms with Gasteiger partial charge in [0.1, 0.15) is 5.75 Å². The molecule has 0 N–H and O–H groups in total. The smallest absolute Gasteiger partial charge is 0.338 e. The van der Waals surface area contributed by atoms with E-state index in [1.807, 2.05) is 0 Å². The number of benzene rings is 2. The number of ether oxygens (including phenoxy) is 4. The Morgan fingerprint density at radius 2 is 1.52 bits per heavy atom. The summed E-state index contributed by atoms with van der Waals surface area (Å²) in [5.74, 6) is 1.15. The van der Waals surface area contributed by atoms with Crippen LogP contribution in [0, 0.1) is 5.92 Å². The van der Waals surface area contributed by atoms with E-state index in [0.717, 1.165) is 0 Å². The van der Waals surface area contributed by atoms with Gasteiger partial charge in [-0.25, -0.2) is 4.79 Å². The maximum atomic E-state index is 12.3. The van der Waals surface area contributed by atoms with E-state index in [0.29, 0.717) is 40.9 Å². The van der Waals surface area contributed by atoms with Crippen molar-refractivity contribution in [3.05, 3.63) is 53.6 Å². The fourth-order valence-corrected chi connectivity index (χ4v) is 2.26. The van der Waals surface area contributed by atoms with Crippen LogP contribution in [0.1, 0.15) is 34.6 Å². The Morgan fingerprint density at radius 3 is 2.11 bits per heavy atom. The van der Waals surface area contributed by atoms with Gasteiger partial charge < -0.3 is 18.9 Å². The number of Topliss-reactive ketones (excluding diaryl/α,β-unsaturated/α-hetero) is 1. The molecule has 6 nitrogen and oxygen atoms in total. The van der Waals surface area contributed by atoms with E-state index < -0.39 is 5.97 Å². The van der Waals surface area contributed by atoms with Crippen molar-refractivity contribution in [2.24, 2.45) is 5.92 Å². The molecule has 2 aromatic rings. The lowest BCUT2D eigenvalue weighted by atomic mass is 10.1. The molecule has 0 saturated heterocycles. The second-order valence-electron chi connectivity index (χ2n) is 6.30. The van der Waals surface area contributed by atoms with Crippen molar-refractivity contribution < 1.29 is 28.5 Å². The molecule has 0 atom stereocenters. The molecule has 0 aliphatic heterocycles. The van der Waals surface area contributed by atoms with Gasteiger partial charge in [0.15, 0.2) is 23.9 Å². The van der Waals surface area contributed by atoms with Crippen molar-refractivity contribution >= 4 is 11.8 Å². The highest BCUT2D eigenvalue weighted by Gasteiger charge is 2.14. The Morgan fingerprint density at radius 1 is 0.889 bits per heavy atom. The highest BCUT2D eigenvalue weighted by Crippen LogP contribution is 2.27. The van der Waals surface area contributed by atoms with Crippen molar-refractivity contribution in [1.82, 2.24) is 0 Å². The number of carbonyl (C=O) groups is 2. The van der Waals surface area contributed by atoms with Crippen LogP contribution in [0.3, 0.4) is 0 Å². The van der Waals surface area contributed by atoms with Gasteiger partial charge in [-0.05, 0) is 48.4 Å². The predicted octanol–water partition coefficient (Wildman–Crippen LogP) is 3.78. The molecule has 0 heterocycles. The Kier molecular flexibility index (Phi) is 7.23. The molecular formula is C21H24O6. The molecule has 2 rings (SSSR count). The Labute approximate surface area is 159 Å². The summed E-state index contributed by atoms with van der Waals surface area (Å²) in [6.07, 6.45) is 0. The minimum atomic E-state index is -0.570. The van der Waals surface area contributed by atoms with E-state index in [4.69, 9.17) is 18.9 Å². The molecule has 0 saturated carbocycles. The first-order valence-electron chi connectivity index (χ1n) is 8.59. The molecule has 0 unspecified atom stereocenters. The SMILES string of the molecule is COc1ccc(C(=O)COC(=O)c2ccc(OCC(C)C)cc2)cc1OC. The highest BCUT2D eigenvalue weighted by molar-refractivity contribution is 5.99. The first kappa shape index (κ1) is 20.3. The van der Waals surface area contributed by atoms with Crippen molar-refractivity contribution in [1.29, 1.82) is 0 Å². The van der Waals surface area contributed by atoms with Crippen LogP contribution in [-0.4, -0.2) is 39.2 Å². The van der Waals surface area contributed by atoms with Gasteiger partial charge in [0.05, 0.1) is 26.4 Å². The molecule has 0 aliphatic carbocycles. The predicted molar refractivity (Wildman–Crippen MR) is 101 cm³/mol. The van der Waals surface area contributed by atoms with Crippen LogP contribution in [-0.2, 0) is 4.74 Å². The summed E-state index contributed by atoms with van der Waals surface area (Å²) >= 11 is 0. The van der Waals surface area contributed by atoms with Gasteiger partial charge in [0.2, 0.25) is 0 Å². The first-order chi connectivity index (χ1) is 12.9. The van der Waals surface area contributed by atoms with E-state index >= 15 is 0 Å². The number of esters is 1. The van der Waals surface area contributed by atoms with Crippen molar-refractivity contribution in [3.63, 3.8) is 0 Å².